The van der Waals surface area contributed by atoms with Crippen molar-refractivity contribution in [1.29, 1.82) is 0 Å². The number of methoxy groups -OCH3 is 2. The van der Waals surface area contributed by atoms with Crippen LogP contribution in [0.25, 0.3) is 5.57 Å². The molecule has 0 fully saturated rings. The Kier molecular flexibility index (Phi) is 8.58. The highest BCUT2D eigenvalue weighted by Gasteiger charge is 2.31. The van der Waals surface area contributed by atoms with Gasteiger partial charge in [-0.2, -0.15) is 0 Å². The zero-order valence-electron chi connectivity index (χ0n) is 21.1. The maximum atomic E-state index is 14.7. The first-order chi connectivity index (χ1) is 18.4. The van der Waals surface area contributed by atoms with E-state index in [0.29, 0.717) is 22.6 Å². The Bertz CT molecular complexity index is 1330. The number of halogens is 2. The monoisotopic (exact) mass is 522 g/mol. The molecule has 198 valence electrons. The van der Waals surface area contributed by atoms with Crippen molar-refractivity contribution < 1.29 is 32.6 Å². The number of carbonyl (C=O) groups excluding carboxylic acids is 2. The largest absolute Gasteiger partial charge is 0.497 e. The molecule has 9 heteroatoms. The van der Waals surface area contributed by atoms with Crippen molar-refractivity contribution in [3.05, 3.63) is 101 Å². The van der Waals surface area contributed by atoms with Crippen molar-refractivity contribution in [3.63, 3.8) is 0 Å². The van der Waals surface area contributed by atoms with Gasteiger partial charge in [-0.1, -0.05) is 48.5 Å². The third-order valence-corrected chi connectivity index (χ3v) is 6.23. The molecule has 4 rings (SSSR count). The second-order valence-corrected chi connectivity index (χ2v) is 8.70. The zero-order valence-corrected chi connectivity index (χ0v) is 21.1. The summed E-state index contributed by atoms with van der Waals surface area (Å²) in [6.07, 6.45) is 0.951. The highest BCUT2D eigenvalue weighted by molar-refractivity contribution is 5.89. The van der Waals surface area contributed by atoms with Crippen molar-refractivity contribution in [3.8, 4) is 11.5 Å². The van der Waals surface area contributed by atoms with Gasteiger partial charge in [0.05, 0.1) is 14.2 Å². The first kappa shape index (κ1) is 26.7. The van der Waals surface area contributed by atoms with Gasteiger partial charge < -0.3 is 24.4 Å². The maximum absolute atomic E-state index is 14.7. The van der Waals surface area contributed by atoms with Gasteiger partial charge in [0.1, 0.15) is 24.1 Å². The topological polar surface area (TPSA) is 77.1 Å². The fourth-order valence-corrected chi connectivity index (χ4v) is 4.23. The summed E-state index contributed by atoms with van der Waals surface area (Å²) < 4.78 is 44.7. The molecule has 7 nitrogen and oxygen atoms in total. The molecule has 3 aromatic carbocycles. The van der Waals surface area contributed by atoms with Crippen LogP contribution in [-0.2, 0) is 22.7 Å². The number of hydrogen-bond donors (Lipinski definition) is 1. The van der Waals surface area contributed by atoms with E-state index in [1.807, 2.05) is 30.3 Å². The van der Waals surface area contributed by atoms with Gasteiger partial charge in [0, 0.05) is 30.3 Å². The Morgan fingerprint density at radius 2 is 1.82 bits per heavy atom. The van der Waals surface area contributed by atoms with E-state index in [1.165, 1.54) is 31.3 Å². The standard InChI is InChI=1S/C29H28F2N2O5/c1-36-22-13-11-21(26(15-22)37-2)17-33-16-20(23-9-6-10-24(30)27(23)31)12-14-25(28(33)34)32-29(35)38-18-19-7-4-3-5-8-19/h3-13,15,25H,14,16-18H2,1-2H3,(H,32,35)/t25-/m1/s1. The first-order valence-electron chi connectivity index (χ1n) is 12.0. The number of rotatable bonds is 8. The molecule has 0 bridgehead atoms. The number of carbonyl (C=O) groups is 2. The van der Waals surface area contributed by atoms with Crippen LogP contribution in [0.2, 0.25) is 0 Å². The summed E-state index contributed by atoms with van der Waals surface area (Å²) in [6.45, 7) is 0.124. The quantitative estimate of drug-likeness (QED) is 0.446. The zero-order chi connectivity index (χ0) is 27.1. The van der Waals surface area contributed by atoms with Crippen LogP contribution in [0.15, 0.2) is 72.8 Å². The van der Waals surface area contributed by atoms with Gasteiger partial charge in [0.25, 0.3) is 0 Å². The fourth-order valence-electron chi connectivity index (χ4n) is 4.23. The Balaban J connectivity index is 1.59. The van der Waals surface area contributed by atoms with Crippen LogP contribution in [0, 0.1) is 11.6 Å². The summed E-state index contributed by atoms with van der Waals surface area (Å²) in [5.41, 5.74) is 1.95. The maximum Gasteiger partial charge on any atom is 0.408 e. The van der Waals surface area contributed by atoms with Crippen LogP contribution in [0.4, 0.5) is 13.6 Å². The van der Waals surface area contributed by atoms with Crippen molar-refractivity contribution in [2.45, 2.75) is 25.6 Å². The average molecular weight is 523 g/mol. The van der Waals surface area contributed by atoms with Crippen LogP contribution >= 0.6 is 0 Å². The molecular weight excluding hydrogens is 494 g/mol. The fraction of sp³-hybridized carbons (Fsp3) is 0.241. The van der Waals surface area contributed by atoms with Crippen LogP contribution in [-0.4, -0.2) is 43.7 Å². The minimum atomic E-state index is -0.998. The molecule has 3 aromatic rings. The van der Waals surface area contributed by atoms with Crippen molar-refractivity contribution >= 4 is 17.6 Å². The van der Waals surface area contributed by atoms with Crippen molar-refractivity contribution in [2.75, 3.05) is 20.8 Å². The van der Waals surface area contributed by atoms with Gasteiger partial charge in [-0.3, -0.25) is 4.79 Å². The molecule has 1 atom stereocenters. The van der Waals surface area contributed by atoms with E-state index < -0.39 is 29.7 Å². The summed E-state index contributed by atoms with van der Waals surface area (Å²) in [7, 11) is 3.04. The Morgan fingerprint density at radius 1 is 1.03 bits per heavy atom. The number of amides is 2. The SMILES string of the molecule is COc1ccc(CN2CC(c3cccc(F)c3F)=CC[C@@H](NC(=O)OCc3ccccc3)C2=O)c(OC)c1. The van der Waals surface area contributed by atoms with Gasteiger partial charge in [-0.05, 0) is 35.8 Å². The van der Waals surface area contributed by atoms with Gasteiger partial charge in [0.2, 0.25) is 5.91 Å². The molecule has 1 aliphatic heterocycles. The average Bonchev–Trinajstić information content (AvgIpc) is 3.08. The third-order valence-electron chi connectivity index (χ3n) is 6.23. The number of hydrogen-bond acceptors (Lipinski definition) is 5. The molecular formula is C29H28F2N2O5. The number of nitrogens with zero attached hydrogens (tertiary/aromatic N) is 1. The Hall–Kier alpha value is -4.40. The second kappa shape index (κ2) is 12.2. The van der Waals surface area contributed by atoms with Crippen LogP contribution in [0.1, 0.15) is 23.1 Å². The Labute approximate surface area is 219 Å². The number of ether oxygens (including phenoxy) is 3. The highest BCUT2D eigenvalue weighted by Crippen LogP contribution is 2.29. The van der Waals surface area contributed by atoms with Crippen molar-refractivity contribution in [1.82, 2.24) is 10.2 Å². The molecule has 0 spiro atoms. The number of benzene rings is 3. The lowest BCUT2D eigenvalue weighted by Crippen LogP contribution is -2.47. The molecule has 0 saturated carbocycles. The van der Waals surface area contributed by atoms with Crippen LogP contribution in [0.5, 0.6) is 11.5 Å². The van der Waals surface area contributed by atoms with Gasteiger partial charge in [-0.15, -0.1) is 0 Å². The summed E-state index contributed by atoms with van der Waals surface area (Å²) in [4.78, 5) is 27.6. The Morgan fingerprint density at radius 3 is 2.55 bits per heavy atom. The molecule has 0 saturated heterocycles. The lowest BCUT2D eigenvalue weighted by atomic mass is 10.0. The minimum absolute atomic E-state index is 0.00830. The van der Waals surface area contributed by atoms with E-state index >= 15 is 0 Å². The van der Waals surface area contributed by atoms with E-state index in [9.17, 15) is 18.4 Å². The highest BCUT2D eigenvalue weighted by atomic mass is 19.2. The minimum Gasteiger partial charge on any atom is -0.497 e. The summed E-state index contributed by atoms with van der Waals surface area (Å²) in [5, 5.41) is 2.62. The molecule has 1 heterocycles. The van der Waals surface area contributed by atoms with Gasteiger partial charge in [-0.25, -0.2) is 13.6 Å². The predicted molar refractivity (Wildman–Crippen MR) is 137 cm³/mol. The smallest absolute Gasteiger partial charge is 0.408 e. The third kappa shape index (κ3) is 6.29. The predicted octanol–water partition coefficient (Wildman–Crippen LogP) is 5.09. The number of alkyl carbamates (subject to hydrolysis) is 1. The van der Waals surface area contributed by atoms with E-state index in [2.05, 4.69) is 5.32 Å². The van der Waals surface area contributed by atoms with Crippen LogP contribution < -0.4 is 14.8 Å². The van der Waals surface area contributed by atoms with Crippen molar-refractivity contribution in [2.24, 2.45) is 0 Å². The lowest BCUT2D eigenvalue weighted by Gasteiger charge is -2.27. The van der Waals surface area contributed by atoms with E-state index in [0.717, 1.165) is 11.6 Å². The van der Waals surface area contributed by atoms with E-state index in [4.69, 9.17) is 14.2 Å². The normalized spacial score (nSPS) is 15.4. The van der Waals surface area contributed by atoms with E-state index in [-0.39, 0.29) is 31.7 Å². The molecule has 1 aliphatic rings. The summed E-state index contributed by atoms with van der Waals surface area (Å²) in [5.74, 6) is -1.31. The molecule has 2 amide bonds. The van der Waals surface area contributed by atoms with E-state index in [1.54, 1.807) is 24.3 Å². The summed E-state index contributed by atoms with van der Waals surface area (Å²) >= 11 is 0. The first-order valence-corrected chi connectivity index (χ1v) is 12.0. The summed E-state index contributed by atoms with van der Waals surface area (Å²) in [6, 6.07) is 17.3. The van der Waals surface area contributed by atoms with Gasteiger partial charge in [0.15, 0.2) is 11.6 Å². The number of nitrogens with one attached hydrogen (secondary N) is 1. The molecule has 0 radical (unpaired) electrons. The molecule has 0 unspecified atom stereocenters. The van der Waals surface area contributed by atoms with Gasteiger partial charge >= 0.3 is 6.09 Å². The molecule has 0 aromatic heterocycles. The van der Waals surface area contributed by atoms with Crippen LogP contribution in [0.3, 0.4) is 0 Å². The second-order valence-electron chi connectivity index (χ2n) is 8.70. The lowest BCUT2D eigenvalue weighted by molar-refractivity contribution is -0.133. The molecule has 0 aliphatic carbocycles. The molecule has 38 heavy (non-hydrogen) atoms. The molecule has 1 N–H and O–H groups in total.